The van der Waals surface area contributed by atoms with Gasteiger partial charge in [-0.1, -0.05) is 6.07 Å². The van der Waals surface area contributed by atoms with Crippen molar-refractivity contribution in [3.63, 3.8) is 0 Å². The van der Waals surface area contributed by atoms with Crippen molar-refractivity contribution in [1.29, 1.82) is 0 Å². The molecule has 1 aromatic rings. The van der Waals surface area contributed by atoms with Crippen molar-refractivity contribution in [2.45, 2.75) is 31.7 Å². The number of nitrogens with zero attached hydrogens (tertiary/aromatic N) is 2. The second kappa shape index (κ2) is 5.44. The van der Waals surface area contributed by atoms with E-state index in [2.05, 4.69) is 22.9 Å². The first-order valence-corrected chi connectivity index (χ1v) is 7.47. The van der Waals surface area contributed by atoms with Crippen LogP contribution in [0.5, 0.6) is 0 Å². The van der Waals surface area contributed by atoms with E-state index in [4.69, 9.17) is 0 Å². The number of likely N-dealkylation sites (N-methyl/N-ethyl adjacent to an activating group) is 1. The van der Waals surface area contributed by atoms with Gasteiger partial charge in [0.15, 0.2) is 0 Å². The van der Waals surface area contributed by atoms with E-state index in [1.165, 1.54) is 19.4 Å². The average Bonchev–Trinajstić information content (AvgIpc) is 2.45. The summed E-state index contributed by atoms with van der Waals surface area (Å²) in [5, 5.41) is 9.35. The molecule has 1 fully saturated rings. The molecule has 0 aromatic heterocycles. The molecule has 1 unspecified atom stereocenters. The number of aromatic carboxylic acids is 1. The molecule has 0 bridgehead atoms. The molecule has 20 heavy (non-hydrogen) atoms. The minimum absolute atomic E-state index is 0.483. The normalized spacial score (nSPS) is 23.4. The summed E-state index contributed by atoms with van der Waals surface area (Å²) in [5.74, 6) is -0.801. The van der Waals surface area contributed by atoms with Crippen LogP contribution in [0.15, 0.2) is 18.2 Å². The molecule has 108 valence electrons. The Hall–Kier alpha value is -1.55. The zero-order valence-electron chi connectivity index (χ0n) is 12.0. The Labute approximate surface area is 120 Å². The molecule has 4 heteroatoms. The number of carboxylic acids is 1. The Morgan fingerprint density at radius 3 is 2.90 bits per heavy atom. The van der Waals surface area contributed by atoms with Crippen molar-refractivity contribution in [3.8, 4) is 0 Å². The number of benzene rings is 1. The summed E-state index contributed by atoms with van der Waals surface area (Å²) in [4.78, 5) is 16.2. The molecule has 0 aliphatic carbocycles. The summed E-state index contributed by atoms with van der Waals surface area (Å²) in [7, 11) is 2.17. The van der Waals surface area contributed by atoms with Crippen LogP contribution < -0.4 is 4.90 Å². The third kappa shape index (κ3) is 2.40. The Morgan fingerprint density at radius 1 is 1.30 bits per heavy atom. The monoisotopic (exact) mass is 274 g/mol. The maximum Gasteiger partial charge on any atom is 0.336 e. The van der Waals surface area contributed by atoms with Crippen LogP contribution in [0.2, 0.25) is 0 Å². The summed E-state index contributed by atoms with van der Waals surface area (Å²) >= 11 is 0. The van der Waals surface area contributed by atoms with Crippen LogP contribution in [0.4, 0.5) is 5.69 Å². The van der Waals surface area contributed by atoms with Gasteiger partial charge in [0.05, 0.1) is 5.56 Å². The van der Waals surface area contributed by atoms with Gasteiger partial charge in [-0.25, -0.2) is 4.79 Å². The molecule has 0 amide bonds. The quantitative estimate of drug-likeness (QED) is 0.898. The van der Waals surface area contributed by atoms with Gasteiger partial charge in [0.1, 0.15) is 0 Å². The van der Waals surface area contributed by atoms with E-state index in [9.17, 15) is 9.90 Å². The first-order valence-electron chi connectivity index (χ1n) is 7.47. The number of piperidine rings is 1. The number of anilines is 1. The predicted octanol–water partition coefficient (Wildman–Crippen LogP) is 2.23. The molecule has 1 aromatic carbocycles. The van der Waals surface area contributed by atoms with Crippen molar-refractivity contribution < 1.29 is 9.90 Å². The third-order valence-electron chi connectivity index (χ3n) is 4.56. The lowest BCUT2D eigenvalue weighted by Gasteiger charge is -2.42. The number of fused-ring (bicyclic) bond motifs is 1. The molecule has 2 heterocycles. The summed E-state index contributed by atoms with van der Waals surface area (Å²) < 4.78 is 0. The van der Waals surface area contributed by atoms with Gasteiger partial charge in [-0.3, -0.25) is 0 Å². The van der Waals surface area contributed by atoms with Gasteiger partial charge < -0.3 is 14.9 Å². The molecule has 1 atom stereocenters. The van der Waals surface area contributed by atoms with E-state index in [0.717, 1.165) is 37.2 Å². The molecule has 2 aliphatic heterocycles. The van der Waals surface area contributed by atoms with E-state index in [1.807, 2.05) is 6.07 Å². The fraction of sp³-hybridized carbons (Fsp3) is 0.562. The summed E-state index contributed by atoms with van der Waals surface area (Å²) in [5.41, 5.74) is 2.66. The smallest absolute Gasteiger partial charge is 0.336 e. The van der Waals surface area contributed by atoms with Crippen molar-refractivity contribution in [1.82, 2.24) is 4.90 Å². The highest BCUT2D eigenvalue weighted by molar-refractivity contribution is 5.91. The highest BCUT2D eigenvalue weighted by atomic mass is 16.4. The number of hydrogen-bond acceptors (Lipinski definition) is 3. The maximum atomic E-state index is 11.4. The van der Waals surface area contributed by atoms with Crippen LogP contribution in [0.3, 0.4) is 0 Å². The molecule has 3 rings (SSSR count). The van der Waals surface area contributed by atoms with Crippen LogP contribution in [-0.4, -0.2) is 48.7 Å². The zero-order chi connectivity index (χ0) is 14.1. The molecule has 2 aliphatic rings. The number of likely N-dealkylation sites (tertiary alicyclic amines) is 1. The van der Waals surface area contributed by atoms with Crippen LogP contribution in [0, 0.1) is 0 Å². The second-order valence-corrected chi connectivity index (χ2v) is 5.96. The maximum absolute atomic E-state index is 11.4. The molecule has 0 spiro atoms. The fourth-order valence-electron chi connectivity index (χ4n) is 3.63. The molecule has 1 saturated heterocycles. The van der Waals surface area contributed by atoms with E-state index in [0.29, 0.717) is 11.6 Å². The van der Waals surface area contributed by atoms with E-state index >= 15 is 0 Å². The summed E-state index contributed by atoms with van der Waals surface area (Å²) in [6.07, 6.45) is 4.38. The summed E-state index contributed by atoms with van der Waals surface area (Å²) in [6, 6.07) is 6.23. The van der Waals surface area contributed by atoms with Gasteiger partial charge in [0, 0.05) is 24.8 Å². The fourth-order valence-corrected chi connectivity index (χ4v) is 3.63. The van der Waals surface area contributed by atoms with Gasteiger partial charge in [-0.05, 0) is 57.0 Å². The Morgan fingerprint density at radius 2 is 2.15 bits per heavy atom. The number of carboxylic acid groups (broad SMARTS) is 1. The van der Waals surface area contributed by atoms with Crippen LogP contribution in [0.25, 0.3) is 0 Å². The van der Waals surface area contributed by atoms with Crippen molar-refractivity contribution in [3.05, 3.63) is 29.3 Å². The first kappa shape index (κ1) is 13.4. The minimum Gasteiger partial charge on any atom is -0.478 e. The minimum atomic E-state index is -0.801. The number of rotatable bonds is 2. The molecule has 0 saturated carbocycles. The number of hydrogen-bond donors (Lipinski definition) is 1. The van der Waals surface area contributed by atoms with E-state index in [-0.39, 0.29) is 0 Å². The average molecular weight is 274 g/mol. The molecule has 1 N–H and O–H groups in total. The molecular weight excluding hydrogens is 252 g/mol. The van der Waals surface area contributed by atoms with E-state index in [1.54, 1.807) is 6.07 Å². The van der Waals surface area contributed by atoms with Crippen molar-refractivity contribution >= 4 is 11.7 Å². The Balaban J connectivity index is 1.93. The lowest BCUT2D eigenvalue weighted by molar-refractivity contribution is 0.0695. The first-order chi connectivity index (χ1) is 9.66. The SMILES string of the molecule is CN1CCCC(N2CCCc3c(C(=O)O)cccc32)C1. The topological polar surface area (TPSA) is 43.8 Å². The lowest BCUT2D eigenvalue weighted by Crippen LogP contribution is -2.48. The standard InChI is InChI=1S/C16H22N2O2/c1-17-9-3-5-12(11-17)18-10-4-7-13-14(16(19)20)6-2-8-15(13)18/h2,6,8,12H,3-5,7,9-11H2,1H3,(H,19,20). The van der Waals surface area contributed by atoms with E-state index < -0.39 is 5.97 Å². The Kier molecular flexibility index (Phi) is 3.66. The van der Waals surface area contributed by atoms with Crippen LogP contribution in [-0.2, 0) is 6.42 Å². The predicted molar refractivity (Wildman–Crippen MR) is 79.6 cm³/mol. The molecule has 0 radical (unpaired) electrons. The zero-order valence-corrected chi connectivity index (χ0v) is 12.0. The third-order valence-corrected chi connectivity index (χ3v) is 4.56. The lowest BCUT2D eigenvalue weighted by atomic mass is 9.93. The van der Waals surface area contributed by atoms with Gasteiger partial charge >= 0.3 is 5.97 Å². The van der Waals surface area contributed by atoms with Crippen LogP contribution >= 0.6 is 0 Å². The van der Waals surface area contributed by atoms with Gasteiger partial charge in [-0.15, -0.1) is 0 Å². The van der Waals surface area contributed by atoms with Gasteiger partial charge in [-0.2, -0.15) is 0 Å². The summed E-state index contributed by atoms with van der Waals surface area (Å²) in [6.45, 7) is 3.30. The highest BCUT2D eigenvalue weighted by Crippen LogP contribution is 2.33. The largest absolute Gasteiger partial charge is 0.478 e. The highest BCUT2D eigenvalue weighted by Gasteiger charge is 2.29. The van der Waals surface area contributed by atoms with Crippen molar-refractivity contribution in [2.24, 2.45) is 0 Å². The van der Waals surface area contributed by atoms with Crippen molar-refractivity contribution in [2.75, 3.05) is 31.6 Å². The Bertz CT molecular complexity index is 515. The van der Waals surface area contributed by atoms with Crippen LogP contribution in [0.1, 0.15) is 35.2 Å². The molecular formula is C16H22N2O2. The number of carbonyl (C=O) groups is 1. The van der Waals surface area contributed by atoms with Gasteiger partial charge in [0.2, 0.25) is 0 Å². The van der Waals surface area contributed by atoms with Gasteiger partial charge in [0.25, 0.3) is 0 Å². The second-order valence-electron chi connectivity index (χ2n) is 5.96. The molecule has 4 nitrogen and oxygen atoms in total.